The van der Waals surface area contributed by atoms with Crippen LogP contribution in [0.2, 0.25) is 0 Å². The molecule has 2 rings (SSSR count). The minimum Gasteiger partial charge on any atom is -0.495 e. The van der Waals surface area contributed by atoms with E-state index in [1.807, 2.05) is 32.9 Å². The van der Waals surface area contributed by atoms with Gasteiger partial charge in [-0.2, -0.15) is 0 Å². The number of carbonyl (C=O) groups is 2. The number of amides is 1. The van der Waals surface area contributed by atoms with Gasteiger partial charge >= 0.3 is 6.09 Å². The molecule has 0 saturated carbocycles. The molecule has 0 bridgehead atoms. The van der Waals surface area contributed by atoms with E-state index in [0.717, 1.165) is 53.3 Å². The van der Waals surface area contributed by atoms with Crippen molar-refractivity contribution in [3.8, 4) is 17.6 Å². The maximum absolute atomic E-state index is 11.6. The number of unbranched alkanes of at least 4 members (excludes halogenated alkanes) is 2. The Morgan fingerprint density at radius 2 is 1.87 bits per heavy atom. The van der Waals surface area contributed by atoms with E-state index in [2.05, 4.69) is 35.4 Å². The van der Waals surface area contributed by atoms with Crippen molar-refractivity contribution in [3.63, 3.8) is 0 Å². The van der Waals surface area contributed by atoms with Gasteiger partial charge in [0, 0.05) is 24.8 Å². The van der Waals surface area contributed by atoms with Crippen LogP contribution in [-0.4, -0.2) is 31.1 Å². The van der Waals surface area contributed by atoms with Gasteiger partial charge in [0.1, 0.15) is 17.1 Å². The summed E-state index contributed by atoms with van der Waals surface area (Å²) in [6, 6.07) is 10.2. The van der Waals surface area contributed by atoms with Crippen LogP contribution in [0.4, 0.5) is 4.79 Å². The Morgan fingerprint density at radius 1 is 1.10 bits per heavy atom. The van der Waals surface area contributed by atoms with Crippen LogP contribution in [0.3, 0.4) is 0 Å². The van der Waals surface area contributed by atoms with E-state index in [9.17, 15) is 9.59 Å². The van der Waals surface area contributed by atoms with Crippen molar-refractivity contribution >= 4 is 22.6 Å². The van der Waals surface area contributed by atoms with Crippen LogP contribution in [0.5, 0.6) is 5.75 Å². The van der Waals surface area contributed by atoms with Crippen molar-refractivity contribution in [1.82, 2.24) is 5.32 Å². The molecule has 5 nitrogen and oxygen atoms in total. The highest BCUT2D eigenvalue weighted by Gasteiger charge is 2.15. The van der Waals surface area contributed by atoms with Crippen LogP contribution >= 0.6 is 0 Å². The monoisotopic (exact) mass is 423 g/mol. The number of hydrogen-bond acceptors (Lipinski definition) is 4. The van der Waals surface area contributed by atoms with E-state index < -0.39 is 5.60 Å². The minimum atomic E-state index is -0.485. The Kier molecular flexibility index (Phi) is 8.93. The number of methoxy groups -OCH3 is 1. The number of aryl methyl sites for hydroxylation is 1. The summed E-state index contributed by atoms with van der Waals surface area (Å²) in [7, 11) is 1.65. The zero-order chi connectivity index (χ0) is 22.9. The molecule has 0 atom stereocenters. The van der Waals surface area contributed by atoms with Crippen LogP contribution in [-0.2, 0) is 16.0 Å². The highest BCUT2D eigenvalue weighted by molar-refractivity contribution is 5.91. The molecule has 0 aromatic heterocycles. The Hall–Kier alpha value is -3.00. The number of ketones is 1. The smallest absolute Gasteiger partial charge is 0.407 e. The molecule has 0 aliphatic heterocycles. The van der Waals surface area contributed by atoms with Crippen molar-refractivity contribution in [2.45, 2.75) is 65.4 Å². The summed E-state index contributed by atoms with van der Waals surface area (Å²) in [5.41, 5.74) is 1.54. The Labute approximate surface area is 185 Å². The van der Waals surface area contributed by atoms with E-state index in [4.69, 9.17) is 9.47 Å². The maximum Gasteiger partial charge on any atom is 0.407 e. The number of carbonyl (C=O) groups excluding carboxylic acids is 2. The second-order valence-corrected chi connectivity index (χ2v) is 8.59. The highest BCUT2D eigenvalue weighted by Crippen LogP contribution is 2.28. The lowest BCUT2D eigenvalue weighted by molar-refractivity contribution is -0.116. The molecule has 0 fully saturated rings. The molecule has 1 amide bonds. The normalized spacial score (nSPS) is 10.9. The third-order valence-corrected chi connectivity index (χ3v) is 4.64. The van der Waals surface area contributed by atoms with Gasteiger partial charge in [-0.3, -0.25) is 0 Å². The van der Waals surface area contributed by atoms with Crippen LogP contribution in [0.1, 0.15) is 64.5 Å². The molecular formula is C26H33NO4. The molecule has 0 saturated heterocycles. The molecule has 31 heavy (non-hydrogen) atoms. The first-order valence-electron chi connectivity index (χ1n) is 10.7. The summed E-state index contributed by atoms with van der Waals surface area (Å²) >= 11 is 0. The average Bonchev–Trinajstić information content (AvgIpc) is 2.69. The third kappa shape index (κ3) is 8.33. The van der Waals surface area contributed by atoms with Gasteiger partial charge in [0.25, 0.3) is 0 Å². The van der Waals surface area contributed by atoms with Crippen LogP contribution < -0.4 is 10.1 Å². The summed E-state index contributed by atoms with van der Waals surface area (Å²) in [4.78, 5) is 22.9. The Bertz CT molecular complexity index is 977. The zero-order valence-electron chi connectivity index (χ0n) is 19.3. The lowest BCUT2D eigenvalue weighted by Gasteiger charge is -2.19. The van der Waals surface area contributed by atoms with Gasteiger partial charge in [0.05, 0.1) is 12.7 Å². The maximum atomic E-state index is 11.6. The molecule has 0 aliphatic rings. The third-order valence-electron chi connectivity index (χ3n) is 4.64. The molecule has 0 aliphatic carbocycles. The van der Waals surface area contributed by atoms with Crippen molar-refractivity contribution < 1.29 is 19.1 Å². The topological polar surface area (TPSA) is 64.6 Å². The molecule has 166 valence electrons. The second kappa shape index (κ2) is 11.4. The first kappa shape index (κ1) is 24.3. The van der Waals surface area contributed by atoms with Gasteiger partial charge in [-0.1, -0.05) is 36.1 Å². The van der Waals surface area contributed by atoms with Gasteiger partial charge in [-0.15, -0.1) is 0 Å². The minimum absolute atomic E-state index is 0.197. The van der Waals surface area contributed by atoms with Crippen molar-refractivity contribution in [1.29, 1.82) is 0 Å². The van der Waals surface area contributed by atoms with Gasteiger partial charge < -0.3 is 19.6 Å². The summed E-state index contributed by atoms with van der Waals surface area (Å²) in [6.07, 6.45) is 3.35. The first-order valence-corrected chi connectivity index (χ1v) is 10.7. The summed E-state index contributed by atoms with van der Waals surface area (Å²) < 4.78 is 10.7. The average molecular weight is 424 g/mol. The van der Waals surface area contributed by atoms with Crippen molar-refractivity contribution in [3.05, 3.63) is 41.5 Å². The van der Waals surface area contributed by atoms with E-state index in [0.29, 0.717) is 13.0 Å². The Balaban J connectivity index is 1.97. The summed E-state index contributed by atoms with van der Waals surface area (Å²) in [5.74, 6) is 7.45. The van der Waals surface area contributed by atoms with Crippen LogP contribution in [0.25, 0.3) is 10.8 Å². The van der Waals surface area contributed by atoms with Crippen LogP contribution in [0, 0.1) is 11.8 Å². The van der Waals surface area contributed by atoms with Crippen LogP contribution in [0.15, 0.2) is 30.3 Å². The van der Waals surface area contributed by atoms with E-state index in [1.54, 1.807) is 14.0 Å². The fourth-order valence-electron chi connectivity index (χ4n) is 3.13. The van der Waals surface area contributed by atoms with Crippen molar-refractivity contribution in [2.75, 3.05) is 13.7 Å². The molecule has 0 heterocycles. The summed E-state index contributed by atoms with van der Waals surface area (Å²) in [5, 5.41) is 4.90. The largest absolute Gasteiger partial charge is 0.495 e. The number of hydrogen-bond donors (Lipinski definition) is 1. The van der Waals surface area contributed by atoms with Gasteiger partial charge in [-0.05, 0) is 64.0 Å². The molecule has 5 heteroatoms. The van der Waals surface area contributed by atoms with E-state index in [1.165, 1.54) is 0 Å². The predicted molar refractivity (Wildman–Crippen MR) is 124 cm³/mol. The number of benzene rings is 2. The first-order chi connectivity index (χ1) is 14.7. The molecule has 1 N–H and O–H groups in total. The lowest BCUT2D eigenvalue weighted by atomic mass is 9.99. The molecule has 0 unspecified atom stereocenters. The number of fused-ring (bicyclic) bond motifs is 1. The molecular weight excluding hydrogens is 390 g/mol. The fourth-order valence-corrected chi connectivity index (χ4v) is 3.13. The number of Topliss-reactive ketones (excluding diaryl/α,β-unsaturated/α-hetero) is 1. The highest BCUT2D eigenvalue weighted by atomic mass is 16.6. The number of nitrogens with one attached hydrogen (secondary N) is 1. The Morgan fingerprint density at radius 3 is 2.55 bits per heavy atom. The molecule has 2 aromatic carbocycles. The number of rotatable bonds is 8. The number of alkyl carbamates (subject to hydrolysis) is 1. The van der Waals surface area contributed by atoms with Gasteiger partial charge in [0.15, 0.2) is 0 Å². The second-order valence-electron chi connectivity index (χ2n) is 8.59. The molecule has 2 aromatic rings. The molecule has 0 spiro atoms. The van der Waals surface area contributed by atoms with Gasteiger partial charge in [0.2, 0.25) is 0 Å². The standard InChI is InChI=1S/C26H33NO4/c1-19(28)11-12-20-13-15-22-21(18-20)14-16-24(30-5)23(22)10-8-6-7-9-17-27-25(29)31-26(2,3)4/h13-16,18H,6-7,9,11-12,17H2,1-5H3,(H,27,29). The van der Waals surface area contributed by atoms with Crippen molar-refractivity contribution in [2.24, 2.45) is 0 Å². The summed E-state index contributed by atoms with van der Waals surface area (Å²) in [6.45, 7) is 7.72. The SMILES string of the molecule is COc1ccc2cc(CCC(C)=O)ccc2c1C#CCCCCNC(=O)OC(C)(C)C. The van der Waals surface area contributed by atoms with Gasteiger partial charge in [-0.25, -0.2) is 4.79 Å². The molecule has 0 radical (unpaired) electrons. The lowest BCUT2D eigenvalue weighted by Crippen LogP contribution is -2.32. The quantitative estimate of drug-likeness (QED) is 0.455. The fraction of sp³-hybridized carbons (Fsp3) is 0.462. The zero-order valence-corrected chi connectivity index (χ0v) is 19.3. The van der Waals surface area contributed by atoms with E-state index >= 15 is 0 Å². The predicted octanol–water partition coefficient (Wildman–Crippen LogP) is 5.42. The van der Waals surface area contributed by atoms with E-state index in [-0.39, 0.29) is 11.9 Å². The number of ether oxygens (including phenoxy) is 2.